The van der Waals surface area contributed by atoms with Gasteiger partial charge in [-0.1, -0.05) is 0 Å². The van der Waals surface area contributed by atoms with Crippen LogP contribution in [0.5, 0.6) is 0 Å². The maximum absolute atomic E-state index is 11.2. The van der Waals surface area contributed by atoms with Gasteiger partial charge < -0.3 is 10.1 Å². The molecule has 0 unspecified atom stereocenters. The number of alkyl carbamates (subject to hydrolysis) is 1. The Kier molecular flexibility index (Phi) is 3.49. The summed E-state index contributed by atoms with van der Waals surface area (Å²) in [5, 5.41) is 2.59. The van der Waals surface area contributed by atoms with E-state index in [4.69, 9.17) is 8.92 Å². The first kappa shape index (κ1) is 11.5. The van der Waals surface area contributed by atoms with Gasteiger partial charge in [-0.05, 0) is 20.8 Å². The van der Waals surface area contributed by atoms with E-state index in [-0.39, 0.29) is 12.6 Å². The molecule has 0 aromatic carbocycles. The van der Waals surface area contributed by atoms with E-state index in [0.717, 1.165) is 0 Å². The minimum Gasteiger partial charge on any atom is -0.444 e. The monoisotopic (exact) mass is 221 g/mol. The Balaban J connectivity index is 2.31. The molecule has 1 rings (SSSR count). The minimum atomic E-state index is -1.26. The average Bonchev–Trinajstić information content (AvgIpc) is 2.30. The van der Waals surface area contributed by atoms with Gasteiger partial charge in [-0.15, -0.1) is 0 Å². The van der Waals surface area contributed by atoms with Crippen LogP contribution in [0.4, 0.5) is 4.79 Å². The van der Waals surface area contributed by atoms with Gasteiger partial charge in [-0.3, -0.25) is 4.18 Å². The molecule has 1 aliphatic heterocycles. The van der Waals surface area contributed by atoms with Crippen LogP contribution in [0.25, 0.3) is 0 Å². The fourth-order valence-electron chi connectivity index (χ4n) is 0.976. The Morgan fingerprint density at radius 1 is 1.57 bits per heavy atom. The largest absolute Gasteiger partial charge is 0.444 e. The molecule has 14 heavy (non-hydrogen) atoms. The lowest BCUT2D eigenvalue weighted by Gasteiger charge is -2.20. The standard InChI is InChI=1S/C8H15NO4S/c1-8(2,3)13-7(10)9-6-4-12-14(11)5-6/h6H,4-5H2,1-3H3,(H,9,10)/t6-,14+/m0/s1. The third-order valence-corrected chi connectivity index (χ3v) is 2.53. The highest BCUT2D eigenvalue weighted by Gasteiger charge is 2.26. The van der Waals surface area contributed by atoms with Crippen molar-refractivity contribution in [3.8, 4) is 0 Å². The number of hydrogen-bond acceptors (Lipinski definition) is 4. The first-order valence-corrected chi connectivity index (χ1v) is 5.62. The molecule has 82 valence electrons. The van der Waals surface area contributed by atoms with Gasteiger partial charge in [-0.25, -0.2) is 9.00 Å². The van der Waals surface area contributed by atoms with Crippen LogP contribution < -0.4 is 5.32 Å². The summed E-state index contributed by atoms with van der Waals surface area (Å²) in [6.07, 6.45) is -0.495. The summed E-state index contributed by atoms with van der Waals surface area (Å²) in [5.74, 6) is 0.333. The summed E-state index contributed by atoms with van der Waals surface area (Å²) in [6.45, 7) is 5.65. The molecule has 0 saturated carbocycles. The van der Waals surface area contributed by atoms with E-state index < -0.39 is 22.8 Å². The number of carbonyl (C=O) groups is 1. The Morgan fingerprint density at radius 3 is 2.64 bits per heavy atom. The lowest BCUT2D eigenvalue weighted by molar-refractivity contribution is 0.0503. The van der Waals surface area contributed by atoms with Crippen molar-refractivity contribution in [1.29, 1.82) is 0 Å². The van der Waals surface area contributed by atoms with Gasteiger partial charge in [0.1, 0.15) is 5.60 Å². The molecule has 0 spiro atoms. The lowest BCUT2D eigenvalue weighted by atomic mass is 10.2. The van der Waals surface area contributed by atoms with Gasteiger partial charge in [0, 0.05) is 0 Å². The molecule has 0 aromatic heterocycles. The topological polar surface area (TPSA) is 64.6 Å². The molecule has 1 heterocycles. The highest BCUT2D eigenvalue weighted by atomic mass is 32.2. The van der Waals surface area contributed by atoms with Crippen molar-refractivity contribution in [3.63, 3.8) is 0 Å². The highest BCUT2D eigenvalue weighted by Crippen LogP contribution is 2.08. The first-order valence-electron chi connectivity index (χ1n) is 4.38. The number of hydrogen-bond donors (Lipinski definition) is 1. The lowest BCUT2D eigenvalue weighted by Crippen LogP contribution is -2.40. The van der Waals surface area contributed by atoms with Crippen LogP contribution in [-0.4, -0.2) is 34.3 Å². The molecule has 1 amide bonds. The molecule has 0 bridgehead atoms. The predicted molar refractivity (Wildman–Crippen MR) is 52.1 cm³/mol. The van der Waals surface area contributed by atoms with Crippen molar-refractivity contribution in [2.24, 2.45) is 0 Å². The molecule has 0 aromatic rings. The molecule has 0 aliphatic carbocycles. The maximum atomic E-state index is 11.2. The Labute approximate surface area is 85.8 Å². The van der Waals surface area contributed by atoms with E-state index in [1.165, 1.54) is 0 Å². The van der Waals surface area contributed by atoms with Gasteiger partial charge in [0.15, 0.2) is 11.1 Å². The van der Waals surface area contributed by atoms with E-state index in [2.05, 4.69) is 5.32 Å². The molecule has 0 radical (unpaired) electrons. The summed E-state index contributed by atoms with van der Waals surface area (Å²) < 4.78 is 20.6. The van der Waals surface area contributed by atoms with Gasteiger partial charge in [0.2, 0.25) is 0 Å². The molecular weight excluding hydrogens is 206 g/mol. The minimum absolute atomic E-state index is 0.203. The zero-order valence-corrected chi connectivity index (χ0v) is 9.35. The van der Waals surface area contributed by atoms with Crippen LogP contribution in [0.1, 0.15) is 20.8 Å². The SMILES string of the molecule is CC(C)(C)OC(=O)N[C@H]1CO[S@@](=O)C1. The van der Waals surface area contributed by atoms with Crippen molar-refractivity contribution in [2.45, 2.75) is 32.4 Å². The third kappa shape index (κ3) is 4.06. The molecule has 5 nitrogen and oxygen atoms in total. The number of carbonyl (C=O) groups excluding carboxylic acids is 1. The zero-order valence-electron chi connectivity index (χ0n) is 8.53. The molecule has 2 atom stereocenters. The molecule has 6 heteroatoms. The van der Waals surface area contributed by atoms with Crippen LogP contribution in [0.15, 0.2) is 0 Å². The van der Waals surface area contributed by atoms with Gasteiger partial charge in [0.25, 0.3) is 0 Å². The van der Waals surface area contributed by atoms with E-state index in [9.17, 15) is 9.00 Å². The van der Waals surface area contributed by atoms with Gasteiger partial charge in [-0.2, -0.15) is 0 Å². The van der Waals surface area contributed by atoms with E-state index in [0.29, 0.717) is 5.75 Å². The van der Waals surface area contributed by atoms with Crippen LogP contribution in [0.2, 0.25) is 0 Å². The fourth-order valence-corrected chi connectivity index (χ4v) is 1.90. The Hall–Kier alpha value is -0.620. The maximum Gasteiger partial charge on any atom is 0.407 e. The third-order valence-electron chi connectivity index (χ3n) is 1.46. The number of nitrogens with one attached hydrogen (secondary N) is 1. The second-order valence-corrected chi connectivity index (χ2v) is 5.27. The Bertz CT molecular complexity index is 248. The van der Waals surface area contributed by atoms with E-state index in [1.807, 2.05) is 0 Å². The second kappa shape index (κ2) is 4.27. The van der Waals surface area contributed by atoms with Crippen molar-refractivity contribution in [1.82, 2.24) is 5.32 Å². The summed E-state index contributed by atoms with van der Waals surface area (Å²) in [7, 11) is 0. The molecule has 1 saturated heterocycles. The molecular formula is C8H15NO4S. The Morgan fingerprint density at radius 2 is 2.21 bits per heavy atom. The molecule has 1 N–H and O–H groups in total. The predicted octanol–water partition coefficient (Wildman–Crippen LogP) is 0.574. The smallest absolute Gasteiger partial charge is 0.407 e. The van der Waals surface area contributed by atoms with Crippen LogP contribution in [0.3, 0.4) is 0 Å². The first-order chi connectivity index (χ1) is 6.37. The summed E-state index contributed by atoms with van der Waals surface area (Å²) in [4.78, 5) is 11.2. The fraction of sp³-hybridized carbons (Fsp3) is 0.875. The number of rotatable bonds is 1. The highest BCUT2D eigenvalue weighted by molar-refractivity contribution is 7.80. The normalized spacial score (nSPS) is 27.4. The summed E-state index contributed by atoms with van der Waals surface area (Å²) >= 11 is -1.26. The van der Waals surface area contributed by atoms with Crippen molar-refractivity contribution in [2.75, 3.05) is 12.4 Å². The van der Waals surface area contributed by atoms with E-state index >= 15 is 0 Å². The van der Waals surface area contributed by atoms with Crippen LogP contribution in [0, 0.1) is 0 Å². The zero-order chi connectivity index (χ0) is 10.8. The molecule has 1 fully saturated rings. The van der Waals surface area contributed by atoms with Crippen LogP contribution >= 0.6 is 0 Å². The molecule has 1 aliphatic rings. The van der Waals surface area contributed by atoms with Crippen LogP contribution in [-0.2, 0) is 20.0 Å². The quantitative estimate of drug-likeness (QED) is 0.703. The summed E-state index contributed by atoms with van der Waals surface area (Å²) in [6, 6.07) is -0.203. The van der Waals surface area contributed by atoms with Crippen molar-refractivity contribution < 1.29 is 17.9 Å². The second-order valence-electron chi connectivity index (χ2n) is 4.10. The van der Waals surface area contributed by atoms with Gasteiger partial charge in [0.05, 0.1) is 18.4 Å². The number of ether oxygens (including phenoxy) is 1. The number of amides is 1. The van der Waals surface area contributed by atoms with Crippen molar-refractivity contribution >= 4 is 17.2 Å². The van der Waals surface area contributed by atoms with E-state index in [1.54, 1.807) is 20.8 Å². The summed E-state index contributed by atoms with van der Waals surface area (Å²) in [5.41, 5.74) is -0.511. The van der Waals surface area contributed by atoms with Crippen molar-refractivity contribution in [3.05, 3.63) is 0 Å². The average molecular weight is 221 g/mol. The van der Waals surface area contributed by atoms with Gasteiger partial charge >= 0.3 is 6.09 Å².